The molecule has 10 heteroatoms. The van der Waals surface area contributed by atoms with Crippen LogP contribution in [0.15, 0.2) is 64.5 Å². The molecule has 0 spiro atoms. The van der Waals surface area contributed by atoms with E-state index < -0.39 is 14.9 Å². The van der Waals surface area contributed by atoms with Crippen LogP contribution in [0.25, 0.3) is 0 Å². The maximum absolute atomic E-state index is 12.3. The fourth-order valence-corrected chi connectivity index (χ4v) is 3.81. The fraction of sp³-hybridized carbons (Fsp3) is 0.350. The van der Waals surface area contributed by atoms with Crippen molar-refractivity contribution in [1.82, 2.24) is 15.4 Å². The lowest BCUT2D eigenvalue weighted by molar-refractivity contribution is -0.385. The van der Waals surface area contributed by atoms with Gasteiger partial charge in [0.15, 0.2) is 5.96 Å². The molecule has 0 saturated heterocycles. The van der Waals surface area contributed by atoms with Crippen LogP contribution in [0.5, 0.6) is 0 Å². The molecule has 3 N–H and O–H groups in total. The predicted molar refractivity (Wildman–Crippen MR) is 117 cm³/mol. The van der Waals surface area contributed by atoms with Crippen LogP contribution in [-0.4, -0.2) is 45.5 Å². The summed E-state index contributed by atoms with van der Waals surface area (Å²) in [5.74, 6) is 0.574. The largest absolute Gasteiger partial charge is 0.355 e. The number of hydrogen-bond donors (Lipinski definition) is 3. The number of sulfonamides is 1. The molecule has 162 valence electrons. The van der Waals surface area contributed by atoms with Gasteiger partial charge in [-0.15, -0.1) is 0 Å². The summed E-state index contributed by atoms with van der Waals surface area (Å²) in [5.41, 5.74) is 0.995. The molecule has 0 aromatic heterocycles. The minimum Gasteiger partial charge on any atom is -0.355 e. The van der Waals surface area contributed by atoms with E-state index in [0.717, 1.165) is 18.9 Å². The highest BCUT2D eigenvalue weighted by molar-refractivity contribution is 7.89. The van der Waals surface area contributed by atoms with Crippen LogP contribution in [-0.2, 0) is 16.4 Å². The smallest absolute Gasteiger partial charge is 0.270 e. The van der Waals surface area contributed by atoms with E-state index in [1.54, 1.807) is 7.05 Å². The van der Waals surface area contributed by atoms with Crippen molar-refractivity contribution in [2.45, 2.75) is 30.7 Å². The van der Waals surface area contributed by atoms with Gasteiger partial charge in [-0.05, 0) is 31.4 Å². The zero-order valence-corrected chi connectivity index (χ0v) is 17.9. The molecule has 2 rings (SSSR count). The monoisotopic (exact) mass is 433 g/mol. The second-order valence-corrected chi connectivity index (χ2v) is 8.49. The first kappa shape index (κ1) is 23.3. The molecule has 0 amide bonds. The summed E-state index contributed by atoms with van der Waals surface area (Å²) in [6.45, 7) is 2.46. The first-order valence-corrected chi connectivity index (χ1v) is 11.1. The molecule has 0 saturated carbocycles. The normalized spacial score (nSPS) is 12.9. The Labute approximate surface area is 176 Å². The Morgan fingerprint density at radius 3 is 2.53 bits per heavy atom. The average Bonchev–Trinajstić information content (AvgIpc) is 2.75. The van der Waals surface area contributed by atoms with Gasteiger partial charge in [0.1, 0.15) is 0 Å². The molecule has 0 radical (unpaired) electrons. The van der Waals surface area contributed by atoms with Gasteiger partial charge < -0.3 is 10.6 Å². The lowest BCUT2D eigenvalue weighted by Gasteiger charge is -2.18. The van der Waals surface area contributed by atoms with Crippen molar-refractivity contribution in [3.63, 3.8) is 0 Å². The molecule has 30 heavy (non-hydrogen) atoms. The zero-order chi connectivity index (χ0) is 22.0. The highest BCUT2D eigenvalue weighted by Crippen LogP contribution is 2.16. The summed E-state index contributed by atoms with van der Waals surface area (Å²) in [5, 5.41) is 17.2. The Hall–Kier alpha value is -2.98. The number of nitro benzene ring substituents is 1. The number of hydrogen-bond acceptors (Lipinski definition) is 5. The highest BCUT2D eigenvalue weighted by Gasteiger charge is 2.17. The quantitative estimate of drug-likeness (QED) is 0.173. The van der Waals surface area contributed by atoms with Crippen LogP contribution in [0.2, 0.25) is 0 Å². The van der Waals surface area contributed by atoms with Crippen molar-refractivity contribution in [2.24, 2.45) is 4.99 Å². The second kappa shape index (κ2) is 11.3. The third-order valence-corrected chi connectivity index (χ3v) is 5.82. The third-order valence-electron chi connectivity index (χ3n) is 4.36. The maximum atomic E-state index is 12.3. The Morgan fingerprint density at radius 1 is 1.13 bits per heavy atom. The number of nitrogens with zero attached hydrogens (tertiary/aromatic N) is 2. The number of nitro groups is 1. The Morgan fingerprint density at radius 2 is 1.87 bits per heavy atom. The van der Waals surface area contributed by atoms with Gasteiger partial charge in [0.05, 0.1) is 9.82 Å². The Kier molecular flexibility index (Phi) is 8.75. The molecule has 0 bridgehead atoms. The second-order valence-electron chi connectivity index (χ2n) is 6.72. The number of aryl methyl sites for hydroxylation is 1. The molecule has 0 fully saturated rings. The van der Waals surface area contributed by atoms with Crippen molar-refractivity contribution in [3.05, 3.63) is 70.3 Å². The number of aliphatic imine (C=N–C) groups is 1. The fourth-order valence-electron chi connectivity index (χ4n) is 2.74. The highest BCUT2D eigenvalue weighted by atomic mass is 32.2. The van der Waals surface area contributed by atoms with Crippen molar-refractivity contribution in [1.29, 1.82) is 0 Å². The van der Waals surface area contributed by atoms with Gasteiger partial charge in [-0.25, -0.2) is 13.1 Å². The zero-order valence-electron chi connectivity index (χ0n) is 17.0. The summed E-state index contributed by atoms with van der Waals surface area (Å²) < 4.78 is 27.0. The van der Waals surface area contributed by atoms with Gasteiger partial charge in [0.25, 0.3) is 5.69 Å². The topological polar surface area (TPSA) is 126 Å². The summed E-state index contributed by atoms with van der Waals surface area (Å²) >= 11 is 0. The van der Waals surface area contributed by atoms with Gasteiger partial charge in [0.2, 0.25) is 10.0 Å². The summed E-state index contributed by atoms with van der Waals surface area (Å²) in [6.07, 6.45) is 1.86. The van der Waals surface area contributed by atoms with Gasteiger partial charge in [-0.3, -0.25) is 15.1 Å². The van der Waals surface area contributed by atoms with Gasteiger partial charge in [-0.1, -0.05) is 36.4 Å². The van der Waals surface area contributed by atoms with Crippen LogP contribution < -0.4 is 15.4 Å². The molecule has 2 aromatic rings. The van der Waals surface area contributed by atoms with Crippen LogP contribution in [0.1, 0.15) is 18.9 Å². The lowest BCUT2D eigenvalue weighted by Crippen LogP contribution is -2.44. The molecule has 0 aliphatic rings. The molecular formula is C20H27N5O4S. The Bertz CT molecular complexity index is 964. The SMILES string of the molecule is CN=C(NCCNS(=O)(=O)c1cccc([N+](=O)[O-])c1)NC(C)CCc1ccccc1. The number of rotatable bonds is 10. The van der Waals surface area contributed by atoms with Crippen molar-refractivity contribution >= 4 is 21.7 Å². The third kappa shape index (κ3) is 7.45. The van der Waals surface area contributed by atoms with E-state index in [4.69, 9.17) is 0 Å². The number of benzene rings is 2. The van der Waals surface area contributed by atoms with Crippen LogP contribution in [0.4, 0.5) is 5.69 Å². The lowest BCUT2D eigenvalue weighted by atomic mass is 10.1. The number of nitrogens with one attached hydrogen (secondary N) is 3. The minimum atomic E-state index is -3.84. The van der Waals surface area contributed by atoms with Crippen LogP contribution >= 0.6 is 0 Å². The predicted octanol–water partition coefficient (Wildman–Crippen LogP) is 2.06. The van der Waals surface area contributed by atoms with Crippen molar-refractivity contribution < 1.29 is 13.3 Å². The van der Waals surface area contributed by atoms with E-state index in [-0.39, 0.29) is 23.2 Å². The molecule has 0 aliphatic carbocycles. The van der Waals surface area contributed by atoms with E-state index in [1.807, 2.05) is 18.2 Å². The summed E-state index contributed by atoms with van der Waals surface area (Å²) in [6, 6.07) is 15.3. The van der Waals surface area contributed by atoms with E-state index in [0.29, 0.717) is 12.5 Å². The van der Waals surface area contributed by atoms with E-state index in [1.165, 1.54) is 23.8 Å². The van der Waals surface area contributed by atoms with Gasteiger partial charge >= 0.3 is 0 Å². The summed E-state index contributed by atoms with van der Waals surface area (Å²) in [4.78, 5) is 14.2. The van der Waals surface area contributed by atoms with E-state index >= 15 is 0 Å². The van der Waals surface area contributed by atoms with Crippen molar-refractivity contribution in [3.8, 4) is 0 Å². The number of non-ortho nitro benzene ring substituents is 1. The molecule has 1 unspecified atom stereocenters. The molecule has 9 nitrogen and oxygen atoms in total. The van der Waals surface area contributed by atoms with Gasteiger partial charge in [0, 0.05) is 38.3 Å². The van der Waals surface area contributed by atoms with Crippen molar-refractivity contribution in [2.75, 3.05) is 20.1 Å². The summed E-state index contributed by atoms with van der Waals surface area (Å²) in [7, 11) is -2.19. The molecule has 0 aliphatic heterocycles. The minimum absolute atomic E-state index is 0.101. The van der Waals surface area contributed by atoms with Crippen LogP contribution in [0.3, 0.4) is 0 Å². The molecule has 2 aromatic carbocycles. The first-order chi connectivity index (χ1) is 14.3. The maximum Gasteiger partial charge on any atom is 0.270 e. The molecule has 1 atom stereocenters. The van der Waals surface area contributed by atoms with Gasteiger partial charge in [-0.2, -0.15) is 0 Å². The molecule has 0 heterocycles. The Balaban J connectivity index is 1.77. The molecular weight excluding hydrogens is 406 g/mol. The van der Waals surface area contributed by atoms with Crippen LogP contribution in [0, 0.1) is 10.1 Å². The van der Waals surface area contributed by atoms with E-state index in [2.05, 4.69) is 39.4 Å². The first-order valence-electron chi connectivity index (χ1n) is 9.57. The standard InChI is InChI=1S/C20H27N5O4S/c1-16(11-12-17-7-4-3-5-8-17)24-20(21-2)22-13-14-23-30(28,29)19-10-6-9-18(15-19)25(26)27/h3-10,15-16,23H,11-14H2,1-2H3,(H2,21,22,24). The average molecular weight is 434 g/mol. The number of guanidine groups is 1. The van der Waals surface area contributed by atoms with E-state index in [9.17, 15) is 18.5 Å².